The van der Waals surface area contributed by atoms with Gasteiger partial charge in [-0.05, 0) is 56.7 Å². The lowest BCUT2D eigenvalue weighted by molar-refractivity contribution is 0.145. The number of benzene rings is 1. The Morgan fingerprint density at radius 2 is 1.91 bits per heavy atom. The van der Waals surface area contributed by atoms with Crippen molar-refractivity contribution in [2.24, 2.45) is 0 Å². The van der Waals surface area contributed by atoms with E-state index in [1.807, 2.05) is 24.3 Å². The molecular formula is C18H16N2OS. The number of hydrogen-bond acceptors (Lipinski definition) is 4. The molecule has 0 fully saturated rings. The predicted molar refractivity (Wildman–Crippen MR) is 88.6 cm³/mol. The van der Waals surface area contributed by atoms with Crippen LogP contribution in [-0.2, 0) is 0 Å². The quantitative estimate of drug-likeness (QED) is 0.810. The summed E-state index contributed by atoms with van der Waals surface area (Å²) >= 11 is 1.69. The SMILES string of the molecule is CC1=C(Sc2ccncc2)c2cc(C#N)ccc2OC1(C)C. The van der Waals surface area contributed by atoms with Crippen molar-refractivity contribution >= 4 is 16.7 Å². The Bertz CT molecular complexity index is 788. The largest absolute Gasteiger partial charge is 0.483 e. The average molecular weight is 308 g/mol. The molecule has 0 saturated carbocycles. The van der Waals surface area contributed by atoms with Crippen molar-refractivity contribution in [2.45, 2.75) is 31.3 Å². The van der Waals surface area contributed by atoms with Gasteiger partial charge in [0, 0.05) is 27.8 Å². The third-order valence-electron chi connectivity index (χ3n) is 3.83. The van der Waals surface area contributed by atoms with Crippen LogP contribution < -0.4 is 4.74 Å². The van der Waals surface area contributed by atoms with Gasteiger partial charge in [0.1, 0.15) is 11.4 Å². The molecule has 0 N–H and O–H groups in total. The first-order valence-corrected chi connectivity index (χ1v) is 7.86. The standard InChI is InChI=1S/C18H16N2OS/c1-12-17(22-14-6-8-20-9-7-14)15-10-13(11-19)4-5-16(15)21-18(12,2)3/h4-10H,1-3H3. The van der Waals surface area contributed by atoms with Crippen molar-refractivity contribution < 1.29 is 4.74 Å². The highest BCUT2D eigenvalue weighted by molar-refractivity contribution is 8.08. The van der Waals surface area contributed by atoms with Crippen LogP contribution in [0.3, 0.4) is 0 Å². The van der Waals surface area contributed by atoms with E-state index < -0.39 is 0 Å². The van der Waals surface area contributed by atoms with E-state index in [-0.39, 0.29) is 5.60 Å². The summed E-state index contributed by atoms with van der Waals surface area (Å²) < 4.78 is 6.11. The van der Waals surface area contributed by atoms with E-state index in [2.05, 4.69) is 31.8 Å². The fourth-order valence-corrected chi connectivity index (χ4v) is 3.51. The molecule has 1 aliphatic rings. The molecular weight excluding hydrogens is 292 g/mol. The van der Waals surface area contributed by atoms with E-state index in [0.29, 0.717) is 5.56 Å². The van der Waals surface area contributed by atoms with E-state index in [1.165, 1.54) is 0 Å². The molecule has 1 aliphatic heterocycles. The lowest BCUT2D eigenvalue weighted by Gasteiger charge is -2.35. The molecule has 2 aromatic rings. The zero-order valence-corrected chi connectivity index (χ0v) is 13.6. The van der Waals surface area contributed by atoms with Crippen LogP contribution in [0.1, 0.15) is 31.9 Å². The van der Waals surface area contributed by atoms with Gasteiger partial charge in [-0.1, -0.05) is 11.8 Å². The zero-order chi connectivity index (χ0) is 15.7. The monoisotopic (exact) mass is 308 g/mol. The van der Waals surface area contributed by atoms with Gasteiger partial charge in [0.15, 0.2) is 0 Å². The summed E-state index contributed by atoms with van der Waals surface area (Å²) in [7, 11) is 0. The van der Waals surface area contributed by atoms with Crippen LogP contribution in [-0.4, -0.2) is 10.6 Å². The molecule has 3 rings (SSSR count). The topological polar surface area (TPSA) is 45.9 Å². The first-order chi connectivity index (χ1) is 10.5. The van der Waals surface area contributed by atoms with Gasteiger partial charge in [-0.3, -0.25) is 4.98 Å². The fraction of sp³-hybridized carbons (Fsp3) is 0.222. The molecule has 0 aliphatic carbocycles. The Morgan fingerprint density at radius 3 is 2.59 bits per heavy atom. The third kappa shape index (κ3) is 2.60. The molecule has 0 spiro atoms. The maximum absolute atomic E-state index is 9.16. The summed E-state index contributed by atoms with van der Waals surface area (Å²) in [6.07, 6.45) is 3.57. The van der Waals surface area contributed by atoms with Crippen LogP contribution in [0, 0.1) is 11.3 Å². The minimum absolute atomic E-state index is 0.365. The second-order valence-corrected chi connectivity index (χ2v) is 6.76. The zero-order valence-electron chi connectivity index (χ0n) is 12.8. The molecule has 0 bridgehead atoms. The number of thioether (sulfide) groups is 1. The van der Waals surface area contributed by atoms with Gasteiger partial charge in [0.2, 0.25) is 0 Å². The minimum atomic E-state index is -0.365. The summed E-state index contributed by atoms with van der Waals surface area (Å²) in [6.45, 7) is 6.22. The van der Waals surface area contributed by atoms with Crippen molar-refractivity contribution in [2.75, 3.05) is 0 Å². The van der Waals surface area contributed by atoms with Gasteiger partial charge < -0.3 is 4.74 Å². The highest BCUT2D eigenvalue weighted by Crippen LogP contribution is 2.48. The van der Waals surface area contributed by atoms with Gasteiger partial charge >= 0.3 is 0 Å². The van der Waals surface area contributed by atoms with Gasteiger partial charge in [-0.25, -0.2) is 0 Å². The van der Waals surface area contributed by atoms with Crippen LogP contribution in [0.25, 0.3) is 4.91 Å². The number of pyridine rings is 1. The fourth-order valence-electron chi connectivity index (χ4n) is 2.35. The Morgan fingerprint density at radius 1 is 1.18 bits per heavy atom. The van der Waals surface area contributed by atoms with E-state index in [9.17, 15) is 0 Å². The van der Waals surface area contributed by atoms with Crippen molar-refractivity contribution in [3.05, 3.63) is 59.4 Å². The molecule has 110 valence electrons. The van der Waals surface area contributed by atoms with Crippen molar-refractivity contribution in [1.82, 2.24) is 4.98 Å². The first-order valence-electron chi connectivity index (χ1n) is 7.04. The van der Waals surface area contributed by atoms with Gasteiger partial charge in [0.25, 0.3) is 0 Å². The summed E-state index contributed by atoms with van der Waals surface area (Å²) in [5.74, 6) is 0.825. The lowest BCUT2D eigenvalue weighted by atomic mass is 9.93. The van der Waals surface area contributed by atoms with Crippen LogP contribution in [0.2, 0.25) is 0 Å². The van der Waals surface area contributed by atoms with E-state index in [0.717, 1.165) is 26.7 Å². The van der Waals surface area contributed by atoms with Gasteiger partial charge in [-0.15, -0.1) is 0 Å². The molecule has 22 heavy (non-hydrogen) atoms. The Labute approximate surface area is 134 Å². The maximum Gasteiger partial charge on any atom is 0.129 e. The van der Waals surface area contributed by atoms with Crippen LogP contribution >= 0.6 is 11.8 Å². The summed E-state index contributed by atoms with van der Waals surface area (Å²) in [5.41, 5.74) is 2.42. The Hall–Kier alpha value is -2.25. The molecule has 2 heterocycles. The second-order valence-electron chi connectivity index (χ2n) is 5.67. The minimum Gasteiger partial charge on any atom is -0.483 e. The van der Waals surface area contributed by atoms with Crippen molar-refractivity contribution in [3.63, 3.8) is 0 Å². The molecule has 1 aromatic carbocycles. The molecule has 0 saturated heterocycles. The number of nitriles is 1. The molecule has 0 radical (unpaired) electrons. The maximum atomic E-state index is 9.16. The highest BCUT2D eigenvalue weighted by atomic mass is 32.2. The van der Waals surface area contributed by atoms with E-state index in [1.54, 1.807) is 30.2 Å². The number of nitrogens with zero attached hydrogens (tertiary/aromatic N) is 2. The van der Waals surface area contributed by atoms with Crippen LogP contribution in [0.4, 0.5) is 0 Å². The smallest absolute Gasteiger partial charge is 0.129 e. The highest BCUT2D eigenvalue weighted by Gasteiger charge is 2.32. The van der Waals surface area contributed by atoms with E-state index >= 15 is 0 Å². The van der Waals surface area contributed by atoms with Crippen LogP contribution in [0.15, 0.2) is 53.2 Å². The molecule has 0 amide bonds. The predicted octanol–water partition coefficient (Wildman–Crippen LogP) is 4.65. The summed E-state index contributed by atoms with van der Waals surface area (Å²) in [6, 6.07) is 11.8. The molecule has 0 unspecified atom stereocenters. The Balaban J connectivity index is 2.14. The molecule has 4 heteroatoms. The third-order valence-corrected chi connectivity index (χ3v) is 5.07. The average Bonchev–Trinajstić information content (AvgIpc) is 2.52. The number of aromatic nitrogens is 1. The van der Waals surface area contributed by atoms with Crippen molar-refractivity contribution in [1.29, 1.82) is 5.26 Å². The summed E-state index contributed by atoms with van der Waals surface area (Å²) in [5, 5.41) is 9.16. The molecule has 0 atom stereocenters. The number of rotatable bonds is 2. The number of ether oxygens (including phenoxy) is 1. The number of fused-ring (bicyclic) bond motifs is 1. The normalized spacial score (nSPS) is 15.7. The lowest BCUT2D eigenvalue weighted by Crippen LogP contribution is -2.33. The van der Waals surface area contributed by atoms with Crippen LogP contribution in [0.5, 0.6) is 5.75 Å². The summed E-state index contributed by atoms with van der Waals surface area (Å²) in [4.78, 5) is 6.33. The molecule has 3 nitrogen and oxygen atoms in total. The Kier molecular flexibility index (Phi) is 3.67. The molecule has 1 aromatic heterocycles. The second kappa shape index (κ2) is 5.51. The van der Waals surface area contributed by atoms with Crippen molar-refractivity contribution in [3.8, 4) is 11.8 Å². The van der Waals surface area contributed by atoms with Gasteiger partial charge in [0.05, 0.1) is 11.6 Å². The van der Waals surface area contributed by atoms with Gasteiger partial charge in [-0.2, -0.15) is 5.26 Å². The number of hydrogen-bond donors (Lipinski definition) is 0. The first kappa shape index (κ1) is 14.7. The van der Waals surface area contributed by atoms with E-state index in [4.69, 9.17) is 10.00 Å².